The van der Waals surface area contributed by atoms with Crippen LogP contribution in [-0.2, 0) is 0 Å². The van der Waals surface area contributed by atoms with E-state index in [0.717, 1.165) is 62.8 Å². The second-order valence-electron chi connectivity index (χ2n) is 7.50. The van der Waals surface area contributed by atoms with Crippen LogP contribution in [0.5, 0.6) is 0 Å². The third-order valence-corrected chi connectivity index (χ3v) is 5.65. The number of benzene rings is 1. The largest absolute Gasteiger partial charge is 0.368 e. The molecule has 0 unspecified atom stereocenters. The molecule has 1 atom stereocenters. The van der Waals surface area contributed by atoms with Crippen molar-refractivity contribution < 1.29 is 8.91 Å². The summed E-state index contributed by atoms with van der Waals surface area (Å²) < 4.78 is 18.6. The predicted molar refractivity (Wildman–Crippen MR) is 116 cm³/mol. The zero-order valence-electron chi connectivity index (χ0n) is 16.5. The minimum atomic E-state index is -0.203. The summed E-state index contributed by atoms with van der Waals surface area (Å²) in [6, 6.07) is 10.7. The number of pyridine rings is 1. The molecule has 30 heavy (non-hydrogen) atoms. The highest BCUT2D eigenvalue weighted by molar-refractivity contribution is 5.85. The van der Waals surface area contributed by atoms with E-state index in [-0.39, 0.29) is 18.2 Å². The molecule has 2 aliphatic heterocycles. The van der Waals surface area contributed by atoms with E-state index in [1.807, 2.05) is 30.5 Å². The molecule has 2 saturated heterocycles. The van der Waals surface area contributed by atoms with Crippen LogP contribution in [0.4, 0.5) is 15.9 Å². The van der Waals surface area contributed by atoms with Crippen LogP contribution in [0.2, 0.25) is 0 Å². The van der Waals surface area contributed by atoms with Crippen LogP contribution in [-0.4, -0.2) is 54.4 Å². The molecule has 4 heterocycles. The molecule has 1 aromatic carbocycles. The van der Waals surface area contributed by atoms with Gasteiger partial charge in [0.1, 0.15) is 11.6 Å². The molecule has 2 aliphatic rings. The van der Waals surface area contributed by atoms with Gasteiger partial charge in [-0.1, -0.05) is 5.16 Å². The van der Waals surface area contributed by atoms with Crippen LogP contribution >= 0.6 is 12.4 Å². The summed E-state index contributed by atoms with van der Waals surface area (Å²) in [6.45, 7) is 5.36. The fourth-order valence-corrected chi connectivity index (χ4v) is 3.93. The highest BCUT2D eigenvalue weighted by Crippen LogP contribution is 2.25. The van der Waals surface area contributed by atoms with Gasteiger partial charge >= 0.3 is 0 Å². The van der Waals surface area contributed by atoms with E-state index in [9.17, 15) is 4.39 Å². The normalized spacial score (nSPS) is 19.0. The molecule has 2 aromatic heterocycles. The van der Waals surface area contributed by atoms with Crippen molar-refractivity contribution >= 4 is 23.9 Å². The first-order valence-electron chi connectivity index (χ1n) is 10.0. The molecule has 9 heteroatoms. The van der Waals surface area contributed by atoms with Crippen molar-refractivity contribution in [2.75, 3.05) is 49.1 Å². The summed E-state index contributed by atoms with van der Waals surface area (Å²) >= 11 is 0. The first-order valence-corrected chi connectivity index (χ1v) is 10.0. The third-order valence-electron chi connectivity index (χ3n) is 5.65. The van der Waals surface area contributed by atoms with Gasteiger partial charge in [0.15, 0.2) is 0 Å². The monoisotopic (exact) mass is 430 g/mol. The molecule has 0 amide bonds. The summed E-state index contributed by atoms with van der Waals surface area (Å²) in [5, 5.41) is 7.44. The van der Waals surface area contributed by atoms with Crippen molar-refractivity contribution in [1.82, 2.24) is 20.4 Å². The lowest BCUT2D eigenvalue weighted by atomic mass is 10.1. The summed E-state index contributed by atoms with van der Waals surface area (Å²) in [5.41, 5.74) is 1.92. The van der Waals surface area contributed by atoms with Crippen molar-refractivity contribution in [3.8, 4) is 11.4 Å². The van der Waals surface area contributed by atoms with E-state index >= 15 is 0 Å². The maximum atomic E-state index is 13.1. The molecular weight excluding hydrogens is 407 g/mol. The molecule has 0 bridgehead atoms. The van der Waals surface area contributed by atoms with Crippen LogP contribution in [0.1, 0.15) is 18.2 Å². The number of piperazine rings is 1. The number of anilines is 2. The van der Waals surface area contributed by atoms with Crippen molar-refractivity contribution in [3.05, 3.63) is 54.3 Å². The molecule has 7 nitrogen and oxygen atoms in total. The van der Waals surface area contributed by atoms with Crippen molar-refractivity contribution in [2.45, 2.75) is 12.3 Å². The van der Waals surface area contributed by atoms with Gasteiger partial charge in [-0.05, 0) is 49.4 Å². The lowest BCUT2D eigenvalue weighted by Gasteiger charge is -2.36. The Labute approximate surface area is 180 Å². The van der Waals surface area contributed by atoms with Gasteiger partial charge in [0.05, 0.1) is 5.92 Å². The van der Waals surface area contributed by atoms with E-state index in [1.54, 1.807) is 0 Å². The number of hydrogen-bond donors (Lipinski definition) is 1. The molecular formula is C21H24ClFN6O. The molecule has 158 valence electrons. The average Bonchev–Trinajstić information content (AvgIpc) is 3.47. The highest BCUT2D eigenvalue weighted by Gasteiger charge is 2.23. The van der Waals surface area contributed by atoms with Crippen molar-refractivity contribution in [3.63, 3.8) is 0 Å². The van der Waals surface area contributed by atoms with Gasteiger partial charge in [-0.2, -0.15) is 4.98 Å². The van der Waals surface area contributed by atoms with E-state index in [1.165, 1.54) is 12.1 Å². The lowest BCUT2D eigenvalue weighted by molar-refractivity contribution is 0.359. The Bertz CT molecular complexity index is 950. The number of rotatable bonds is 4. The van der Waals surface area contributed by atoms with Crippen molar-refractivity contribution in [1.29, 1.82) is 0 Å². The smallest absolute Gasteiger partial charge is 0.231 e. The van der Waals surface area contributed by atoms with E-state index in [2.05, 4.69) is 30.2 Å². The van der Waals surface area contributed by atoms with Gasteiger partial charge in [-0.15, -0.1) is 12.4 Å². The van der Waals surface area contributed by atoms with Crippen LogP contribution in [0.3, 0.4) is 0 Å². The van der Waals surface area contributed by atoms with Gasteiger partial charge in [-0.3, -0.25) is 0 Å². The Morgan fingerprint density at radius 2 is 1.77 bits per heavy atom. The maximum absolute atomic E-state index is 13.1. The number of hydrogen-bond acceptors (Lipinski definition) is 7. The van der Waals surface area contributed by atoms with Gasteiger partial charge in [0.25, 0.3) is 0 Å². The zero-order valence-corrected chi connectivity index (χ0v) is 17.3. The highest BCUT2D eigenvalue weighted by atomic mass is 35.5. The molecule has 2 fully saturated rings. The minimum Gasteiger partial charge on any atom is -0.368 e. The van der Waals surface area contributed by atoms with E-state index < -0.39 is 0 Å². The Hall–Kier alpha value is -2.71. The Balaban J connectivity index is 0.00000218. The number of aromatic nitrogens is 3. The van der Waals surface area contributed by atoms with E-state index in [4.69, 9.17) is 4.52 Å². The fraction of sp³-hybridized carbons (Fsp3) is 0.381. The molecule has 0 radical (unpaired) electrons. The lowest BCUT2D eigenvalue weighted by Crippen LogP contribution is -2.46. The molecule has 0 aliphatic carbocycles. The molecule has 0 saturated carbocycles. The summed E-state index contributed by atoms with van der Waals surface area (Å²) in [7, 11) is 0. The number of halogens is 2. The minimum absolute atomic E-state index is 0. The SMILES string of the molecule is Cl.Fc1ccc(N2CCN(c3ccc(-c4noc([C@H]5CCNC5)n4)cn3)CC2)cc1. The second-order valence-corrected chi connectivity index (χ2v) is 7.50. The number of nitrogens with one attached hydrogen (secondary N) is 1. The zero-order chi connectivity index (χ0) is 19.6. The van der Waals surface area contributed by atoms with Gasteiger partial charge < -0.3 is 19.6 Å². The fourth-order valence-electron chi connectivity index (χ4n) is 3.93. The summed E-state index contributed by atoms with van der Waals surface area (Å²) in [4.78, 5) is 13.7. The van der Waals surface area contributed by atoms with E-state index in [0.29, 0.717) is 17.6 Å². The summed E-state index contributed by atoms with van der Waals surface area (Å²) in [6.07, 6.45) is 2.84. The summed E-state index contributed by atoms with van der Waals surface area (Å²) in [5.74, 6) is 2.33. The van der Waals surface area contributed by atoms with Crippen LogP contribution in [0, 0.1) is 5.82 Å². The quantitative estimate of drug-likeness (QED) is 0.682. The number of nitrogens with zero attached hydrogens (tertiary/aromatic N) is 5. The first kappa shape index (κ1) is 20.6. The Morgan fingerprint density at radius 3 is 2.43 bits per heavy atom. The van der Waals surface area contributed by atoms with Crippen LogP contribution in [0.25, 0.3) is 11.4 Å². The standard InChI is InChI=1S/C21H23FN6O.ClH/c22-17-2-4-18(5-3-17)27-9-11-28(12-10-27)19-6-1-15(14-24-19)20-25-21(29-26-20)16-7-8-23-13-16;/h1-6,14,16,23H,7-13H2;1H/t16-;/m0./s1. The van der Waals surface area contributed by atoms with Crippen LogP contribution in [0.15, 0.2) is 47.1 Å². The Morgan fingerprint density at radius 1 is 1.00 bits per heavy atom. The van der Waals surface area contributed by atoms with Gasteiger partial charge in [0, 0.05) is 50.2 Å². The second kappa shape index (κ2) is 8.97. The van der Waals surface area contributed by atoms with Gasteiger partial charge in [0.2, 0.25) is 11.7 Å². The molecule has 5 rings (SSSR count). The molecule has 0 spiro atoms. The van der Waals surface area contributed by atoms with Crippen molar-refractivity contribution in [2.24, 2.45) is 0 Å². The molecule has 3 aromatic rings. The molecule has 1 N–H and O–H groups in total. The first-order chi connectivity index (χ1) is 14.3. The topological polar surface area (TPSA) is 70.3 Å². The maximum Gasteiger partial charge on any atom is 0.231 e. The van der Waals surface area contributed by atoms with Crippen LogP contribution < -0.4 is 15.1 Å². The average molecular weight is 431 g/mol. The third kappa shape index (κ3) is 4.24. The predicted octanol–water partition coefficient (Wildman–Crippen LogP) is 3.10. The Kier molecular flexibility index (Phi) is 6.15. The van der Waals surface area contributed by atoms with Gasteiger partial charge in [-0.25, -0.2) is 9.37 Å².